The summed E-state index contributed by atoms with van der Waals surface area (Å²) >= 11 is 1.26. The third-order valence-corrected chi connectivity index (χ3v) is 4.65. The first kappa shape index (κ1) is 15.3. The highest BCUT2D eigenvalue weighted by Crippen LogP contribution is 2.24. The van der Waals surface area contributed by atoms with Crippen LogP contribution in [0.4, 0.5) is 8.78 Å². The monoisotopic (exact) mass is 299 g/mol. The average Bonchev–Trinajstić information content (AvgIpc) is 2.48. The molecule has 0 radical (unpaired) electrons. The van der Waals surface area contributed by atoms with E-state index in [0.29, 0.717) is 10.9 Å². The van der Waals surface area contributed by atoms with Gasteiger partial charge in [0.25, 0.3) is 0 Å². The molecule has 1 amide bonds. The Morgan fingerprint density at radius 2 is 2.15 bits per heavy atom. The third-order valence-electron chi connectivity index (χ3n) is 3.67. The van der Waals surface area contributed by atoms with E-state index >= 15 is 0 Å². The fraction of sp³-hybridized carbons (Fsp3) is 0.533. The van der Waals surface area contributed by atoms with Crippen molar-refractivity contribution in [1.82, 2.24) is 4.90 Å². The highest BCUT2D eigenvalue weighted by atomic mass is 32.2. The van der Waals surface area contributed by atoms with Crippen molar-refractivity contribution in [3.63, 3.8) is 0 Å². The molecule has 110 valence electrons. The summed E-state index contributed by atoms with van der Waals surface area (Å²) in [6.07, 6.45) is 4.27. The molecule has 0 saturated carbocycles. The molecule has 1 fully saturated rings. The highest BCUT2D eigenvalue weighted by Gasteiger charge is 2.24. The summed E-state index contributed by atoms with van der Waals surface area (Å²) in [5.74, 6) is -1.36. The fourth-order valence-corrected chi connectivity index (χ4v) is 3.36. The van der Waals surface area contributed by atoms with E-state index in [1.165, 1.54) is 24.2 Å². The number of rotatable bonds is 4. The first-order valence-corrected chi connectivity index (χ1v) is 7.97. The van der Waals surface area contributed by atoms with E-state index in [1.54, 1.807) is 0 Å². The van der Waals surface area contributed by atoms with Gasteiger partial charge in [-0.3, -0.25) is 4.79 Å². The van der Waals surface area contributed by atoms with Gasteiger partial charge in [0.15, 0.2) is 11.6 Å². The molecule has 1 aliphatic heterocycles. The van der Waals surface area contributed by atoms with E-state index < -0.39 is 11.6 Å². The Bertz CT molecular complexity index is 481. The minimum Gasteiger partial charge on any atom is -0.339 e. The molecule has 1 atom stereocenters. The van der Waals surface area contributed by atoms with Gasteiger partial charge in [-0.1, -0.05) is 6.92 Å². The first-order chi connectivity index (χ1) is 9.61. The van der Waals surface area contributed by atoms with Crippen molar-refractivity contribution in [3.05, 3.63) is 29.8 Å². The molecule has 5 heteroatoms. The van der Waals surface area contributed by atoms with Gasteiger partial charge in [0.2, 0.25) is 5.91 Å². The molecule has 1 aromatic carbocycles. The number of likely N-dealkylation sites (tertiary alicyclic amines) is 1. The van der Waals surface area contributed by atoms with Crippen molar-refractivity contribution in [1.29, 1.82) is 0 Å². The average molecular weight is 299 g/mol. The van der Waals surface area contributed by atoms with Crippen molar-refractivity contribution >= 4 is 17.7 Å². The van der Waals surface area contributed by atoms with Gasteiger partial charge in [-0.15, -0.1) is 11.8 Å². The molecule has 0 spiro atoms. The summed E-state index contributed by atoms with van der Waals surface area (Å²) in [5, 5.41) is 0. The number of halogens is 2. The molecule has 20 heavy (non-hydrogen) atoms. The Morgan fingerprint density at radius 3 is 2.85 bits per heavy atom. The summed E-state index contributed by atoms with van der Waals surface area (Å²) in [7, 11) is 0. The molecule has 0 bridgehead atoms. The van der Waals surface area contributed by atoms with Crippen LogP contribution in [0.5, 0.6) is 0 Å². The molecule has 2 rings (SSSR count). The number of carbonyl (C=O) groups is 1. The molecule has 0 N–H and O–H groups in total. The maximum atomic E-state index is 13.1. The van der Waals surface area contributed by atoms with Crippen molar-refractivity contribution < 1.29 is 13.6 Å². The van der Waals surface area contributed by atoms with E-state index in [9.17, 15) is 13.6 Å². The van der Waals surface area contributed by atoms with Crippen LogP contribution in [0.3, 0.4) is 0 Å². The quantitative estimate of drug-likeness (QED) is 0.787. The van der Waals surface area contributed by atoms with Crippen LogP contribution in [0.15, 0.2) is 23.1 Å². The lowest BCUT2D eigenvalue weighted by molar-refractivity contribution is -0.132. The van der Waals surface area contributed by atoms with Crippen LogP contribution >= 0.6 is 11.8 Å². The van der Waals surface area contributed by atoms with Crippen LogP contribution in [-0.2, 0) is 4.79 Å². The predicted octanol–water partition coefficient (Wildman–Crippen LogP) is 3.85. The number of hydrogen-bond acceptors (Lipinski definition) is 2. The summed E-state index contributed by atoms with van der Waals surface area (Å²) in [6, 6.07) is 4.07. The summed E-state index contributed by atoms with van der Waals surface area (Å²) < 4.78 is 25.9. The SMILES string of the molecule is CCC1CCCCN1C(=O)CSc1ccc(F)c(F)c1. The number of nitrogens with zero attached hydrogens (tertiary/aromatic N) is 1. The number of thioether (sulfide) groups is 1. The molecule has 1 heterocycles. The lowest BCUT2D eigenvalue weighted by Gasteiger charge is -2.35. The molecular formula is C15H19F2NOS. The second kappa shape index (κ2) is 7.07. The normalized spacial score (nSPS) is 19.1. The Kier molecular flexibility index (Phi) is 5.40. The fourth-order valence-electron chi connectivity index (χ4n) is 2.55. The first-order valence-electron chi connectivity index (χ1n) is 6.99. The second-order valence-corrected chi connectivity index (χ2v) is 6.06. The van der Waals surface area contributed by atoms with Crippen molar-refractivity contribution in [2.45, 2.75) is 43.5 Å². The third kappa shape index (κ3) is 3.72. The molecule has 1 unspecified atom stereocenters. The number of benzene rings is 1. The topological polar surface area (TPSA) is 20.3 Å². The molecule has 1 aliphatic rings. The van der Waals surface area contributed by atoms with Crippen LogP contribution in [0.2, 0.25) is 0 Å². The highest BCUT2D eigenvalue weighted by molar-refractivity contribution is 8.00. The van der Waals surface area contributed by atoms with Gasteiger partial charge in [0.1, 0.15) is 0 Å². The predicted molar refractivity (Wildman–Crippen MR) is 76.7 cm³/mol. The largest absolute Gasteiger partial charge is 0.339 e. The van der Waals surface area contributed by atoms with Crippen LogP contribution in [-0.4, -0.2) is 29.1 Å². The van der Waals surface area contributed by atoms with Gasteiger partial charge in [-0.25, -0.2) is 8.78 Å². The van der Waals surface area contributed by atoms with Gasteiger partial charge in [0.05, 0.1) is 5.75 Å². The van der Waals surface area contributed by atoms with Crippen LogP contribution in [0.25, 0.3) is 0 Å². The Morgan fingerprint density at radius 1 is 1.35 bits per heavy atom. The molecular weight excluding hydrogens is 280 g/mol. The Hall–Kier alpha value is -1.10. The zero-order valence-corrected chi connectivity index (χ0v) is 12.4. The van der Waals surface area contributed by atoms with Crippen LogP contribution in [0.1, 0.15) is 32.6 Å². The molecule has 2 nitrogen and oxygen atoms in total. The Balaban J connectivity index is 1.92. The van der Waals surface area contributed by atoms with E-state index in [1.807, 2.05) is 4.90 Å². The minimum absolute atomic E-state index is 0.0892. The zero-order chi connectivity index (χ0) is 14.5. The van der Waals surface area contributed by atoms with Gasteiger partial charge in [-0.05, 0) is 43.9 Å². The Labute approximate surface area is 122 Å². The maximum Gasteiger partial charge on any atom is 0.233 e. The lowest BCUT2D eigenvalue weighted by atomic mass is 10.0. The second-order valence-electron chi connectivity index (χ2n) is 5.01. The van der Waals surface area contributed by atoms with Gasteiger partial charge in [-0.2, -0.15) is 0 Å². The number of carbonyl (C=O) groups excluding carboxylic acids is 1. The van der Waals surface area contributed by atoms with Gasteiger partial charge < -0.3 is 4.90 Å². The standard InChI is InChI=1S/C15H19F2NOS/c1-2-11-5-3-4-8-18(11)15(19)10-20-12-6-7-13(16)14(17)9-12/h6-7,9,11H,2-5,8,10H2,1H3. The molecule has 1 saturated heterocycles. The van der Waals surface area contributed by atoms with Gasteiger partial charge in [0, 0.05) is 17.5 Å². The smallest absolute Gasteiger partial charge is 0.233 e. The summed E-state index contributed by atoms with van der Waals surface area (Å²) in [6.45, 7) is 2.91. The molecule has 0 aliphatic carbocycles. The lowest BCUT2D eigenvalue weighted by Crippen LogP contribution is -2.44. The summed E-state index contributed by atoms with van der Waals surface area (Å²) in [4.78, 5) is 14.8. The van der Waals surface area contributed by atoms with Crippen molar-refractivity contribution in [3.8, 4) is 0 Å². The van der Waals surface area contributed by atoms with Crippen LogP contribution in [0, 0.1) is 11.6 Å². The van der Waals surface area contributed by atoms with Crippen molar-refractivity contribution in [2.24, 2.45) is 0 Å². The van der Waals surface area contributed by atoms with Crippen LogP contribution < -0.4 is 0 Å². The number of hydrogen-bond donors (Lipinski definition) is 0. The number of amides is 1. The molecule has 1 aromatic rings. The number of piperidine rings is 1. The molecule has 0 aromatic heterocycles. The van der Waals surface area contributed by atoms with E-state index in [2.05, 4.69) is 6.92 Å². The maximum absolute atomic E-state index is 13.1. The van der Waals surface area contributed by atoms with E-state index in [-0.39, 0.29) is 11.7 Å². The zero-order valence-electron chi connectivity index (χ0n) is 11.6. The van der Waals surface area contributed by atoms with Crippen molar-refractivity contribution in [2.75, 3.05) is 12.3 Å². The van der Waals surface area contributed by atoms with E-state index in [4.69, 9.17) is 0 Å². The minimum atomic E-state index is -0.869. The summed E-state index contributed by atoms with van der Waals surface area (Å²) in [5.41, 5.74) is 0. The van der Waals surface area contributed by atoms with Gasteiger partial charge >= 0.3 is 0 Å². The van der Waals surface area contributed by atoms with E-state index in [0.717, 1.165) is 37.9 Å².